The average molecular weight is 402 g/mol. The molecule has 146 valence electrons. The summed E-state index contributed by atoms with van der Waals surface area (Å²) in [4.78, 5) is 29.3. The third-order valence-corrected chi connectivity index (χ3v) is 5.11. The van der Waals surface area contributed by atoms with Gasteiger partial charge in [-0.2, -0.15) is 4.99 Å². The quantitative estimate of drug-likeness (QED) is 0.468. The van der Waals surface area contributed by atoms with Gasteiger partial charge in [-0.1, -0.05) is 23.5 Å². The Hall–Kier alpha value is -2.84. The minimum absolute atomic E-state index is 0.145. The lowest BCUT2D eigenvalue weighted by atomic mass is 10.1. The van der Waals surface area contributed by atoms with Crippen LogP contribution in [-0.4, -0.2) is 36.8 Å². The maximum absolute atomic E-state index is 13.6. The van der Waals surface area contributed by atoms with Crippen molar-refractivity contribution in [2.24, 2.45) is 4.99 Å². The molecule has 0 fully saturated rings. The average Bonchev–Trinajstić information content (AvgIpc) is 3.03. The number of carbonyl (C=O) groups excluding carboxylic acids is 2. The number of carbonyl (C=O) groups is 2. The first-order valence-electron chi connectivity index (χ1n) is 8.68. The van der Waals surface area contributed by atoms with Gasteiger partial charge in [-0.3, -0.25) is 4.79 Å². The van der Waals surface area contributed by atoms with E-state index in [0.717, 1.165) is 5.52 Å². The highest BCUT2D eigenvalue weighted by atomic mass is 32.1. The highest BCUT2D eigenvalue weighted by molar-refractivity contribution is 7.16. The maximum atomic E-state index is 13.6. The second kappa shape index (κ2) is 8.90. The van der Waals surface area contributed by atoms with Crippen molar-refractivity contribution in [3.05, 3.63) is 64.2 Å². The van der Waals surface area contributed by atoms with E-state index in [-0.39, 0.29) is 16.9 Å². The van der Waals surface area contributed by atoms with Gasteiger partial charge in [0.1, 0.15) is 5.82 Å². The second-order valence-electron chi connectivity index (χ2n) is 5.80. The molecule has 0 aliphatic carbocycles. The molecule has 3 rings (SSSR count). The molecule has 6 nitrogen and oxygen atoms in total. The van der Waals surface area contributed by atoms with E-state index in [1.165, 1.54) is 42.7 Å². The first-order valence-corrected chi connectivity index (χ1v) is 9.49. The third kappa shape index (κ3) is 4.18. The molecule has 2 aromatic carbocycles. The van der Waals surface area contributed by atoms with Crippen molar-refractivity contribution in [1.82, 2.24) is 4.57 Å². The van der Waals surface area contributed by atoms with Crippen LogP contribution in [0.1, 0.15) is 27.6 Å². The van der Waals surface area contributed by atoms with Crippen molar-refractivity contribution >= 4 is 33.4 Å². The van der Waals surface area contributed by atoms with Crippen molar-refractivity contribution in [2.45, 2.75) is 13.5 Å². The standard InChI is InChI=1S/C20H19FN2O4S/c1-3-27-11-10-23-16-9-8-13(21)12-17(16)28-20(23)22-18(24)14-6-4-5-7-15(14)19(25)26-2/h4-9,12H,3,10-11H2,1-2H3. The molecule has 0 bridgehead atoms. The number of esters is 1. The van der Waals surface area contributed by atoms with E-state index < -0.39 is 11.9 Å². The molecule has 8 heteroatoms. The van der Waals surface area contributed by atoms with Gasteiger partial charge in [0.2, 0.25) is 0 Å². The third-order valence-electron chi connectivity index (χ3n) is 4.07. The Morgan fingerprint density at radius 1 is 1.18 bits per heavy atom. The normalized spacial score (nSPS) is 11.8. The van der Waals surface area contributed by atoms with E-state index in [9.17, 15) is 14.0 Å². The van der Waals surface area contributed by atoms with Crippen LogP contribution in [0.3, 0.4) is 0 Å². The Labute approximate surface area is 164 Å². The summed E-state index contributed by atoms with van der Waals surface area (Å²) < 4.78 is 26.2. The first kappa shape index (κ1) is 19.9. The van der Waals surface area contributed by atoms with Crippen molar-refractivity contribution in [2.75, 3.05) is 20.3 Å². The van der Waals surface area contributed by atoms with Gasteiger partial charge in [-0.05, 0) is 37.3 Å². The summed E-state index contributed by atoms with van der Waals surface area (Å²) in [6.07, 6.45) is 0. The van der Waals surface area contributed by atoms with Gasteiger partial charge < -0.3 is 14.0 Å². The number of ether oxygens (including phenoxy) is 2. The predicted octanol–water partition coefficient (Wildman–Crippen LogP) is 3.41. The van der Waals surface area contributed by atoms with Crippen LogP contribution in [0.2, 0.25) is 0 Å². The Morgan fingerprint density at radius 2 is 1.93 bits per heavy atom. The van der Waals surface area contributed by atoms with E-state index in [1.807, 2.05) is 11.5 Å². The van der Waals surface area contributed by atoms with E-state index in [4.69, 9.17) is 9.47 Å². The fourth-order valence-electron chi connectivity index (χ4n) is 2.75. The lowest BCUT2D eigenvalue weighted by Crippen LogP contribution is -2.20. The highest BCUT2D eigenvalue weighted by Crippen LogP contribution is 2.19. The van der Waals surface area contributed by atoms with Crippen molar-refractivity contribution in [3.63, 3.8) is 0 Å². The van der Waals surface area contributed by atoms with Crippen LogP contribution in [0.4, 0.5) is 4.39 Å². The Balaban J connectivity index is 2.09. The van der Waals surface area contributed by atoms with Gasteiger partial charge in [0.15, 0.2) is 4.80 Å². The molecule has 3 aromatic rings. The van der Waals surface area contributed by atoms with E-state index in [2.05, 4.69) is 4.99 Å². The number of nitrogens with zero attached hydrogens (tertiary/aromatic N) is 2. The number of methoxy groups -OCH3 is 1. The zero-order valence-electron chi connectivity index (χ0n) is 15.5. The Morgan fingerprint density at radius 3 is 2.64 bits per heavy atom. The number of rotatable bonds is 6. The van der Waals surface area contributed by atoms with Crippen molar-refractivity contribution < 1.29 is 23.5 Å². The predicted molar refractivity (Wildman–Crippen MR) is 104 cm³/mol. The molecule has 0 atom stereocenters. The molecule has 0 aliphatic heterocycles. The number of amides is 1. The molecule has 1 heterocycles. The molecule has 28 heavy (non-hydrogen) atoms. The maximum Gasteiger partial charge on any atom is 0.338 e. The minimum Gasteiger partial charge on any atom is -0.465 e. The van der Waals surface area contributed by atoms with Gasteiger partial charge in [0.05, 0.1) is 35.1 Å². The van der Waals surface area contributed by atoms with E-state index in [1.54, 1.807) is 18.2 Å². The molecule has 0 N–H and O–H groups in total. The summed E-state index contributed by atoms with van der Waals surface area (Å²) in [6, 6.07) is 10.8. The van der Waals surface area contributed by atoms with Crippen LogP contribution in [-0.2, 0) is 16.0 Å². The molecule has 0 saturated carbocycles. The van der Waals surface area contributed by atoms with Gasteiger partial charge in [0, 0.05) is 13.2 Å². The molecular formula is C20H19FN2O4S. The van der Waals surface area contributed by atoms with Gasteiger partial charge in [-0.25, -0.2) is 9.18 Å². The topological polar surface area (TPSA) is 69.9 Å². The lowest BCUT2D eigenvalue weighted by Gasteiger charge is -2.06. The van der Waals surface area contributed by atoms with Gasteiger partial charge in [-0.15, -0.1) is 0 Å². The van der Waals surface area contributed by atoms with Crippen LogP contribution in [0, 0.1) is 5.82 Å². The van der Waals surface area contributed by atoms with Crippen LogP contribution in [0.5, 0.6) is 0 Å². The molecular weight excluding hydrogens is 383 g/mol. The monoisotopic (exact) mass is 402 g/mol. The molecule has 0 spiro atoms. The highest BCUT2D eigenvalue weighted by Gasteiger charge is 2.17. The van der Waals surface area contributed by atoms with Crippen LogP contribution >= 0.6 is 11.3 Å². The zero-order chi connectivity index (χ0) is 20.1. The van der Waals surface area contributed by atoms with E-state index >= 15 is 0 Å². The smallest absolute Gasteiger partial charge is 0.338 e. The molecule has 0 unspecified atom stereocenters. The number of fused-ring (bicyclic) bond motifs is 1. The van der Waals surface area contributed by atoms with Gasteiger partial charge >= 0.3 is 5.97 Å². The molecule has 1 amide bonds. The molecule has 0 aliphatic rings. The Kier molecular flexibility index (Phi) is 6.33. The summed E-state index contributed by atoms with van der Waals surface area (Å²) in [6.45, 7) is 3.35. The summed E-state index contributed by atoms with van der Waals surface area (Å²) in [5.74, 6) is -1.54. The van der Waals surface area contributed by atoms with Crippen LogP contribution in [0.25, 0.3) is 10.2 Å². The summed E-state index contributed by atoms with van der Waals surface area (Å²) >= 11 is 1.20. The fraction of sp³-hybridized carbons (Fsp3) is 0.250. The molecule has 0 saturated heterocycles. The molecule has 1 aromatic heterocycles. The van der Waals surface area contributed by atoms with Gasteiger partial charge in [0.25, 0.3) is 5.91 Å². The lowest BCUT2D eigenvalue weighted by molar-refractivity contribution is 0.0597. The number of thiazole rings is 1. The van der Waals surface area contributed by atoms with Crippen molar-refractivity contribution in [3.8, 4) is 0 Å². The SMILES string of the molecule is CCOCCn1c(=NC(=O)c2ccccc2C(=O)OC)sc2cc(F)ccc21. The second-order valence-corrected chi connectivity index (χ2v) is 6.81. The summed E-state index contributed by atoms with van der Waals surface area (Å²) in [7, 11) is 1.25. The number of benzene rings is 2. The number of aromatic nitrogens is 1. The first-order chi connectivity index (χ1) is 13.5. The largest absolute Gasteiger partial charge is 0.465 e. The number of hydrogen-bond donors (Lipinski definition) is 0. The molecule has 0 radical (unpaired) electrons. The summed E-state index contributed by atoms with van der Waals surface area (Å²) in [5, 5.41) is 0. The fourth-order valence-corrected chi connectivity index (χ4v) is 3.83. The minimum atomic E-state index is -0.609. The van der Waals surface area contributed by atoms with Crippen molar-refractivity contribution in [1.29, 1.82) is 0 Å². The zero-order valence-corrected chi connectivity index (χ0v) is 16.3. The Bertz CT molecular complexity index is 1090. The van der Waals surface area contributed by atoms with Crippen LogP contribution in [0.15, 0.2) is 47.5 Å². The number of halogens is 1. The van der Waals surface area contributed by atoms with Crippen LogP contribution < -0.4 is 4.80 Å². The summed E-state index contributed by atoms with van der Waals surface area (Å²) in [5.41, 5.74) is 1.06. The number of hydrogen-bond acceptors (Lipinski definition) is 5. The van der Waals surface area contributed by atoms with E-state index in [0.29, 0.717) is 29.3 Å².